The third-order valence-corrected chi connectivity index (χ3v) is 5.78. The second-order valence-electron chi connectivity index (χ2n) is 9.35. The number of amides is 2. The number of nitrogens with one attached hydrogen (secondary N) is 4. The average Bonchev–Trinajstić information content (AvgIpc) is 2.82. The van der Waals surface area contributed by atoms with Crippen LogP contribution in [-0.4, -0.2) is 69.9 Å². The number of hydrogen-bond donors (Lipinski definition) is 8. The Morgan fingerprint density at radius 2 is 1.92 bits per heavy atom. The molecule has 0 saturated carbocycles. The Labute approximate surface area is 223 Å². The number of phenols is 1. The van der Waals surface area contributed by atoms with E-state index in [1.54, 1.807) is 26.0 Å². The smallest absolute Gasteiger partial charge is 0.305 e. The Hall–Kier alpha value is -3.87. The lowest BCUT2D eigenvalue weighted by atomic mass is 9.93. The Balaban J connectivity index is 1.67. The van der Waals surface area contributed by atoms with Crippen LogP contribution < -0.4 is 21.3 Å². The van der Waals surface area contributed by atoms with Gasteiger partial charge in [-0.25, -0.2) is 0 Å². The molecule has 0 aromatic heterocycles. The maximum absolute atomic E-state index is 12.7. The van der Waals surface area contributed by atoms with Gasteiger partial charge in [0.1, 0.15) is 5.75 Å². The number of phenolic OH excluding ortho intramolecular Hbond substituents is 1. The molecule has 0 saturated heterocycles. The average molecular weight is 548 g/mol. The Bertz CT molecular complexity index is 1250. The monoisotopic (exact) mass is 547 g/mol. The van der Waals surface area contributed by atoms with E-state index in [2.05, 4.69) is 26.3 Å². The van der Waals surface area contributed by atoms with Crippen molar-refractivity contribution in [2.75, 3.05) is 25.0 Å². The molecular formula is C25H30ClN5O7. The Kier molecular flexibility index (Phi) is 9.15. The van der Waals surface area contributed by atoms with E-state index in [-0.39, 0.29) is 22.9 Å². The van der Waals surface area contributed by atoms with Gasteiger partial charge in [-0.2, -0.15) is 0 Å². The fraction of sp³-hybridized carbons (Fsp3) is 0.360. The minimum atomic E-state index is -1.25. The number of aliphatic hydroxyl groups is 2. The molecule has 38 heavy (non-hydrogen) atoms. The first-order chi connectivity index (χ1) is 17.8. The Morgan fingerprint density at radius 3 is 2.55 bits per heavy atom. The summed E-state index contributed by atoms with van der Waals surface area (Å²) in [7, 11) is 0. The van der Waals surface area contributed by atoms with E-state index < -0.39 is 48.5 Å². The summed E-state index contributed by atoms with van der Waals surface area (Å²) < 4.78 is 0. The van der Waals surface area contributed by atoms with Gasteiger partial charge in [-0.05, 0) is 49.2 Å². The lowest BCUT2D eigenvalue weighted by Crippen LogP contribution is -2.42. The first kappa shape index (κ1) is 28.7. The number of aliphatic carboxylic acids is 1. The van der Waals surface area contributed by atoms with Crippen LogP contribution in [0.5, 0.6) is 5.75 Å². The van der Waals surface area contributed by atoms with Crippen LogP contribution in [0.25, 0.3) is 0 Å². The second-order valence-corrected chi connectivity index (χ2v) is 9.79. The van der Waals surface area contributed by atoms with Crippen molar-refractivity contribution in [3.63, 3.8) is 0 Å². The van der Waals surface area contributed by atoms with Gasteiger partial charge in [0.15, 0.2) is 5.96 Å². The van der Waals surface area contributed by atoms with Gasteiger partial charge in [-0.3, -0.25) is 19.4 Å². The molecule has 12 nitrogen and oxygen atoms in total. The zero-order chi connectivity index (χ0) is 28.0. The van der Waals surface area contributed by atoms with Crippen LogP contribution in [0.4, 0.5) is 5.69 Å². The van der Waals surface area contributed by atoms with Gasteiger partial charge < -0.3 is 41.7 Å². The van der Waals surface area contributed by atoms with E-state index in [1.807, 2.05) is 0 Å². The molecule has 2 amide bonds. The number of anilines is 1. The van der Waals surface area contributed by atoms with Crippen molar-refractivity contribution in [1.29, 1.82) is 0 Å². The van der Waals surface area contributed by atoms with Gasteiger partial charge in [-0.15, -0.1) is 0 Å². The molecule has 1 aliphatic heterocycles. The summed E-state index contributed by atoms with van der Waals surface area (Å²) in [5.74, 6) is -2.33. The first-order valence-electron chi connectivity index (χ1n) is 11.7. The third-order valence-electron chi connectivity index (χ3n) is 5.56. The zero-order valence-electron chi connectivity index (χ0n) is 20.8. The second kappa shape index (κ2) is 12.1. The number of β-amino-alcohol motifs (C(OH)–C–C–N with tert-alkyl or cyclic N) is 1. The van der Waals surface area contributed by atoms with E-state index in [1.165, 1.54) is 24.3 Å². The third kappa shape index (κ3) is 8.33. The molecule has 1 unspecified atom stereocenters. The molecule has 8 N–H and O–H groups in total. The summed E-state index contributed by atoms with van der Waals surface area (Å²) in [6.07, 6.45) is -1.06. The molecule has 0 radical (unpaired) electrons. The lowest BCUT2D eigenvalue weighted by molar-refractivity contribution is -0.137. The predicted octanol–water partition coefficient (Wildman–Crippen LogP) is 1.07. The number of carbonyl (C=O) groups is 3. The topological polar surface area (TPSA) is 193 Å². The first-order valence-corrected chi connectivity index (χ1v) is 12.1. The number of carboxylic acids is 1. The summed E-state index contributed by atoms with van der Waals surface area (Å²) in [5.41, 5.74) is -0.0128. The van der Waals surface area contributed by atoms with Crippen LogP contribution in [0, 0.1) is 0 Å². The number of halogens is 1. The number of rotatable bonds is 9. The summed E-state index contributed by atoms with van der Waals surface area (Å²) >= 11 is 6.16. The summed E-state index contributed by atoms with van der Waals surface area (Å²) in [6.45, 7) is 3.12. The van der Waals surface area contributed by atoms with E-state index in [9.17, 15) is 34.8 Å². The fourth-order valence-electron chi connectivity index (χ4n) is 3.67. The molecule has 0 aliphatic carbocycles. The molecule has 0 bridgehead atoms. The number of carbonyl (C=O) groups excluding carboxylic acids is 2. The number of hydrogen-bond acceptors (Lipinski definition) is 9. The predicted molar refractivity (Wildman–Crippen MR) is 140 cm³/mol. The van der Waals surface area contributed by atoms with E-state index >= 15 is 0 Å². The summed E-state index contributed by atoms with van der Waals surface area (Å²) in [6, 6.07) is 7.67. The van der Waals surface area contributed by atoms with Crippen molar-refractivity contribution < 1.29 is 34.8 Å². The van der Waals surface area contributed by atoms with E-state index in [4.69, 9.17) is 11.6 Å². The van der Waals surface area contributed by atoms with Gasteiger partial charge in [0.25, 0.3) is 5.91 Å². The molecule has 0 spiro atoms. The fourth-order valence-corrected chi connectivity index (χ4v) is 3.91. The number of guanidine groups is 1. The van der Waals surface area contributed by atoms with Crippen molar-refractivity contribution in [1.82, 2.24) is 16.0 Å². The molecule has 2 atom stereocenters. The van der Waals surface area contributed by atoms with Crippen LogP contribution in [0.1, 0.15) is 47.8 Å². The summed E-state index contributed by atoms with van der Waals surface area (Å²) in [5, 5.41) is 50.3. The van der Waals surface area contributed by atoms with Crippen LogP contribution in [-0.2, 0) is 15.2 Å². The van der Waals surface area contributed by atoms with E-state index in [0.29, 0.717) is 29.3 Å². The normalized spacial score (nSPS) is 16.0. The number of aliphatic imine (C=N–C) groups is 1. The number of nitrogens with zero attached hydrogens (tertiary/aromatic N) is 1. The molecular weight excluding hydrogens is 518 g/mol. The standard InChI is InChI=1S/C25H30ClN5O7/c1-25(2,38)15-3-13(4-16(26)7-15)20(9-22(35)36)31-21(34)12-27-23(37)14-5-17(8-18(32)6-14)30-24-28-10-19(33)11-29-24/h3-8,19-20,32-33,38H,9-12H2,1-2H3,(H,27,37)(H,31,34)(H,35,36)(H2,28,29,30)/t20-/m0/s1. The summed E-state index contributed by atoms with van der Waals surface area (Å²) in [4.78, 5) is 40.9. The van der Waals surface area contributed by atoms with Gasteiger partial charge in [0, 0.05) is 28.9 Å². The molecule has 2 aromatic carbocycles. The van der Waals surface area contributed by atoms with Crippen molar-refractivity contribution in [3.8, 4) is 5.75 Å². The molecule has 1 aliphatic rings. The molecule has 13 heteroatoms. The van der Waals surface area contributed by atoms with Crippen molar-refractivity contribution in [3.05, 3.63) is 58.1 Å². The number of benzene rings is 2. The largest absolute Gasteiger partial charge is 0.508 e. The highest BCUT2D eigenvalue weighted by molar-refractivity contribution is 6.30. The van der Waals surface area contributed by atoms with Gasteiger partial charge in [0.2, 0.25) is 5.91 Å². The zero-order valence-corrected chi connectivity index (χ0v) is 21.5. The van der Waals surface area contributed by atoms with Crippen LogP contribution >= 0.6 is 11.6 Å². The van der Waals surface area contributed by atoms with Crippen molar-refractivity contribution in [2.45, 2.75) is 38.0 Å². The van der Waals surface area contributed by atoms with Crippen molar-refractivity contribution in [2.24, 2.45) is 4.99 Å². The number of aliphatic hydroxyl groups excluding tert-OH is 1. The van der Waals surface area contributed by atoms with E-state index in [0.717, 1.165) is 0 Å². The number of carboxylic acid groups (broad SMARTS) is 1. The number of aromatic hydroxyl groups is 1. The molecule has 2 aromatic rings. The highest BCUT2D eigenvalue weighted by atomic mass is 35.5. The lowest BCUT2D eigenvalue weighted by Gasteiger charge is -2.23. The maximum Gasteiger partial charge on any atom is 0.305 e. The van der Waals surface area contributed by atoms with Crippen LogP contribution in [0.3, 0.4) is 0 Å². The SMILES string of the molecule is CC(C)(O)c1cc(Cl)cc([C@H](CC(=O)O)NC(=O)CNC(=O)c2cc(O)cc(NC3=NCC(O)CN3)c2)c1. The van der Waals surface area contributed by atoms with Crippen LogP contribution in [0.15, 0.2) is 41.4 Å². The van der Waals surface area contributed by atoms with Gasteiger partial charge in [-0.1, -0.05) is 17.7 Å². The highest BCUT2D eigenvalue weighted by Gasteiger charge is 2.23. The quantitative estimate of drug-likeness (QED) is 0.227. The van der Waals surface area contributed by atoms with Crippen LogP contribution in [0.2, 0.25) is 5.02 Å². The molecule has 3 rings (SSSR count). The maximum atomic E-state index is 12.7. The minimum Gasteiger partial charge on any atom is -0.508 e. The molecule has 204 valence electrons. The van der Waals surface area contributed by atoms with Gasteiger partial charge in [0.05, 0.1) is 37.3 Å². The Morgan fingerprint density at radius 1 is 1.18 bits per heavy atom. The van der Waals surface area contributed by atoms with Crippen molar-refractivity contribution >= 4 is 41.0 Å². The highest BCUT2D eigenvalue weighted by Crippen LogP contribution is 2.29. The van der Waals surface area contributed by atoms with Gasteiger partial charge >= 0.3 is 5.97 Å². The molecule has 0 fully saturated rings. The molecule has 1 heterocycles. The minimum absolute atomic E-state index is 0.0588.